The molecule has 0 radical (unpaired) electrons. The van der Waals surface area contributed by atoms with Gasteiger partial charge in [-0.15, -0.1) is 0 Å². The first-order valence-corrected chi connectivity index (χ1v) is 4.62. The Morgan fingerprint density at radius 3 is 3.00 bits per heavy atom. The van der Waals surface area contributed by atoms with Crippen LogP contribution in [0.1, 0.15) is 24.6 Å². The fourth-order valence-corrected chi connectivity index (χ4v) is 1.32. The molecule has 0 saturated heterocycles. The predicted octanol–water partition coefficient (Wildman–Crippen LogP) is 0.228. The third kappa shape index (κ3) is 2.23. The summed E-state index contributed by atoms with van der Waals surface area (Å²) >= 11 is 0. The minimum Gasteiger partial charge on any atom is -0.329 e. The van der Waals surface area contributed by atoms with Crippen LogP contribution >= 0.6 is 0 Å². The molecule has 0 amide bonds. The Hall–Kier alpha value is -1.00. The van der Waals surface area contributed by atoms with Gasteiger partial charge in [-0.3, -0.25) is 0 Å². The lowest BCUT2D eigenvalue weighted by molar-refractivity contribution is 0.526. The van der Waals surface area contributed by atoms with Crippen LogP contribution in [-0.2, 0) is 0 Å². The van der Waals surface area contributed by atoms with E-state index in [-0.39, 0.29) is 6.04 Å². The van der Waals surface area contributed by atoms with Crippen molar-refractivity contribution in [1.82, 2.24) is 15.3 Å². The van der Waals surface area contributed by atoms with Crippen molar-refractivity contribution >= 4 is 0 Å². The van der Waals surface area contributed by atoms with E-state index in [0.717, 1.165) is 5.69 Å². The van der Waals surface area contributed by atoms with Crippen LogP contribution in [-0.4, -0.2) is 22.6 Å². The van der Waals surface area contributed by atoms with E-state index < -0.39 is 0 Å². The van der Waals surface area contributed by atoms with Crippen molar-refractivity contribution in [3.8, 4) is 0 Å². The van der Waals surface area contributed by atoms with Gasteiger partial charge in [-0.05, 0) is 18.9 Å². The normalized spacial score (nSPS) is 18.5. The number of hydrogen-bond donors (Lipinski definition) is 2. The minimum absolute atomic E-state index is 0.190. The zero-order chi connectivity index (χ0) is 9.10. The quantitative estimate of drug-likeness (QED) is 0.692. The van der Waals surface area contributed by atoms with Crippen LogP contribution in [0.3, 0.4) is 0 Å². The van der Waals surface area contributed by atoms with Gasteiger partial charge in [0.05, 0.1) is 11.7 Å². The number of hydrogen-bond acceptors (Lipinski definition) is 4. The van der Waals surface area contributed by atoms with E-state index in [1.807, 2.05) is 6.07 Å². The number of aromatic nitrogens is 2. The number of nitrogens with one attached hydrogen (secondary N) is 1. The van der Waals surface area contributed by atoms with Crippen LogP contribution in [0, 0.1) is 0 Å². The molecule has 1 aliphatic carbocycles. The van der Waals surface area contributed by atoms with E-state index in [1.54, 1.807) is 12.5 Å². The molecule has 1 unspecified atom stereocenters. The van der Waals surface area contributed by atoms with E-state index in [2.05, 4.69) is 15.3 Å². The summed E-state index contributed by atoms with van der Waals surface area (Å²) in [4.78, 5) is 8.05. The lowest BCUT2D eigenvalue weighted by Gasteiger charge is -2.14. The van der Waals surface area contributed by atoms with E-state index >= 15 is 0 Å². The maximum Gasteiger partial charge on any atom is 0.115 e. The Morgan fingerprint density at radius 2 is 2.46 bits per heavy atom. The van der Waals surface area contributed by atoms with Gasteiger partial charge in [-0.2, -0.15) is 0 Å². The standard InChI is InChI=1S/C9H14N4/c10-5-9(13-7-1-2-7)8-3-4-11-6-12-8/h3-4,6-7,9,13H,1-2,5,10H2. The molecule has 1 aliphatic rings. The molecule has 0 spiro atoms. The third-order valence-electron chi connectivity index (χ3n) is 2.21. The van der Waals surface area contributed by atoms with Gasteiger partial charge in [-0.1, -0.05) is 0 Å². The van der Waals surface area contributed by atoms with Crippen LogP contribution in [0.5, 0.6) is 0 Å². The molecular formula is C9H14N4. The van der Waals surface area contributed by atoms with Crippen LogP contribution in [0.4, 0.5) is 0 Å². The highest BCUT2D eigenvalue weighted by Gasteiger charge is 2.24. The SMILES string of the molecule is NCC(NC1CC1)c1ccncn1. The largest absolute Gasteiger partial charge is 0.329 e. The maximum atomic E-state index is 5.66. The summed E-state index contributed by atoms with van der Waals surface area (Å²) in [6.07, 6.45) is 5.84. The zero-order valence-corrected chi connectivity index (χ0v) is 7.48. The van der Waals surface area contributed by atoms with Gasteiger partial charge >= 0.3 is 0 Å². The Morgan fingerprint density at radius 1 is 1.62 bits per heavy atom. The molecule has 0 bridgehead atoms. The lowest BCUT2D eigenvalue weighted by Crippen LogP contribution is -2.30. The lowest BCUT2D eigenvalue weighted by atomic mass is 10.2. The number of nitrogens with two attached hydrogens (primary N) is 1. The topological polar surface area (TPSA) is 63.8 Å². The fourth-order valence-electron chi connectivity index (χ4n) is 1.32. The van der Waals surface area contributed by atoms with Gasteiger partial charge < -0.3 is 11.1 Å². The molecule has 1 atom stereocenters. The van der Waals surface area contributed by atoms with Crippen LogP contribution < -0.4 is 11.1 Å². The molecule has 1 saturated carbocycles. The van der Waals surface area contributed by atoms with Crippen molar-refractivity contribution in [2.24, 2.45) is 5.73 Å². The summed E-state index contributed by atoms with van der Waals surface area (Å²) in [5.41, 5.74) is 6.65. The van der Waals surface area contributed by atoms with E-state index in [9.17, 15) is 0 Å². The third-order valence-corrected chi connectivity index (χ3v) is 2.21. The van der Waals surface area contributed by atoms with Crippen molar-refractivity contribution in [3.63, 3.8) is 0 Å². The second-order valence-corrected chi connectivity index (χ2v) is 3.36. The van der Waals surface area contributed by atoms with Gasteiger partial charge in [0.25, 0.3) is 0 Å². The molecule has 1 aromatic rings. The predicted molar refractivity (Wildman–Crippen MR) is 50.0 cm³/mol. The van der Waals surface area contributed by atoms with Gasteiger partial charge in [-0.25, -0.2) is 9.97 Å². The Kier molecular flexibility index (Phi) is 2.52. The first-order chi connectivity index (χ1) is 6.40. The molecule has 4 nitrogen and oxygen atoms in total. The first kappa shape index (κ1) is 8.59. The second kappa shape index (κ2) is 3.81. The molecule has 1 fully saturated rings. The van der Waals surface area contributed by atoms with E-state index in [1.165, 1.54) is 12.8 Å². The molecular weight excluding hydrogens is 164 g/mol. The van der Waals surface area contributed by atoms with Crippen molar-refractivity contribution in [2.75, 3.05) is 6.54 Å². The van der Waals surface area contributed by atoms with Crippen molar-refractivity contribution in [3.05, 3.63) is 24.3 Å². The van der Waals surface area contributed by atoms with Gasteiger partial charge in [0, 0.05) is 18.8 Å². The fraction of sp³-hybridized carbons (Fsp3) is 0.556. The maximum absolute atomic E-state index is 5.66. The van der Waals surface area contributed by atoms with E-state index in [0.29, 0.717) is 12.6 Å². The molecule has 3 N–H and O–H groups in total. The zero-order valence-electron chi connectivity index (χ0n) is 7.48. The molecule has 70 valence electrons. The van der Waals surface area contributed by atoms with E-state index in [4.69, 9.17) is 5.73 Å². The Balaban J connectivity index is 2.02. The summed E-state index contributed by atoms with van der Waals surface area (Å²) in [7, 11) is 0. The summed E-state index contributed by atoms with van der Waals surface area (Å²) in [6, 6.07) is 2.76. The highest BCUT2D eigenvalue weighted by molar-refractivity contribution is 5.06. The van der Waals surface area contributed by atoms with Gasteiger partial charge in [0.15, 0.2) is 0 Å². The van der Waals surface area contributed by atoms with Gasteiger partial charge in [0.1, 0.15) is 6.33 Å². The molecule has 0 aromatic carbocycles. The summed E-state index contributed by atoms with van der Waals surface area (Å²) < 4.78 is 0. The molecule has 4 heteroatoms. The van der Waals surface area contributed by atoms with Crippen molar-refractivity contribution in [2.45, 2.75) is 24.9 Å². The average Bonchev–Trinajstić information content (AvgIpc) is 2.99. The molecule has 13 heavy (non-hydrogen) atoms. The summed E-state index contributed by atoms with van der Waals surface area (Å²) in [6.45, 7) is 0.591. The number of rotatable bonds is 4. The van der Waals surface area contributed by atoms with Crippen LogP contribution in [0.2, 0.25) is 0 Å². The smallest absolute Gasteiger partial charge is 0.115 e. The number of nitrogens with zero attached hydrogens (tertiary/aromatic N) is 2. The van der Waals surface area contributed by atoms with Crippen LogP contribution in [0.25, 0.3) is 0 Å². The minimum atomic E-state index is 0.190. The van der Waals surface area contributed by atoms with Crippen molar-refractivity contribution in [1.29, 1.82) is 0 Å². The van der Waals surface area contributed by atoms with Crippen molar-refractivity contribution < 1.29 is 0 Å². The molecule has 0 aliphatic heterocycles. The Labute approximate surface area is 77.6 Å². The molecule has 1 aromatic heterocycles. The molecule has 2 rings (SSSR count). The monoisotopic (exact) mass is 178 g/mol. The highest BCUT2D eigenvalue weighted by Crippen LogP contribution is 2.22. The Bertz CT molecular complexity index is 258. The second-order valence-electron chi connectivity index (χ2n) is 3.36. The highest BCUT2D eigenvalue weighted by atomic mass is 15.0. The first-order valence-electron chi connectivity index (χ1n) is 4.62. The molecule has 1 heterocycles. The average molecular weight is 178 g/mol. The van der Waals surface area contributed by atoms with Gasteiger partial charge in [0.2, 0.25) is 0 Å². The summed E-state index contributed by atoms with van der Waals surface area (Å²) in [5, 5.41) is 3.44. The van der Waals surface area contributed by atoms with Crippen LogP contribution in [0.15, 0.2) is 18.6 Å². The summed E-state index contributed by atoms with van der Waals surface area (Å²) in [5.74, 6) is 0.